The second-order valence-corrected chi connectivity index (χ2v) is 9.47. The molecule has 0 unspecified atom stereocenters. The SMILES string of the molecule is Cl.O=C(c1ccc(Cc2ccccc2)cc1)N(CCCn1ccnc1)c1nc2c(Cl)cccc2s1. The van der Waals surface area contributed by atoms with Crippen molar-refractivity contribution < 1.29 is 4.79 Å². The van der Waals surface area contributed by atoms with Crippen LogP contribution < -0.4 is 4.90 Å². The lowest BCUT2D eigenvalue weighted by molar-refractivity contribution is 0.0986. The Morgan fingerprint density at radius 2 is 1.74 bits per heavy atom. The molecule has 8 heteroatoms. The zero-order valence-corrected chi connectivity index (χ0v) is 21.3. The highest BCUT2D eigenvalue weighted by Gasteiger charge is 2.22. The molecule has 0 N–H and O–H groups in total. The van der Waals surface area contributed by atoms with Crippen molar-refractivity contribution in [2.45, 2.75) is 19.4 Å². The van der Waals surface area contributed by atoms with E-state index in [-0.39, 0.29) is 18.3 Å². The number of rotatable bonds is 8. The molecule has 5 nitrogen and oxygen atoms in total. The number of halogens is 2. The molecule has 178 valence electrons. The fourth-order valence-corrected chi connectivity index (χ4v) is 5.18. The van der Waals surface area contributed by atoms with Gasteiger partial charge in [-0.15, -0.1) is 12.4 Å². The molecule has 3 aromatic carbocycles. The van der Waals surface area contributed by atoms with Gasteiger partial charge < -0.3 is 4.57 Å². The second kappa shape index (κ2) is 11.5. The Hall–Kier alpha value is -3.19. The van der Waals surface area contributed by atoms with Crippen LogP contribution >= 0.6 is 35.3 Å². The molecule has 2 aromatic heterocycles. The lowest BCUT2D eigenvalue weighted by atomic mass is 10.0. The molecule has 0 saturated carbocycles. The largest absolute Gasteiger partial charge is 0.337 e. The zero-order chi connectivity index (χ0) is 23.3. The van der Waals surface area contributed by atoms with Gasteiger partial charge in [-0.1, -0.05) is 71.5 Å². The fraction of sp³-hybridized carbons (Fsp3) is 0.148. The molecule has 0 aliphatic heterocycles. The second-order valence-electron chi connectivity index (χ2n) is 8.05. The summed E-state index contributed by atoms with van der Waals surface area (Å²) in [6.07, 6.45) is 7.08. The van der Waals surface area contributed by atoms with Gasteiger partial charge in [0.2, 0.25) is 0 Å². The monoisotopic (exact) mass is 522 g/mol. The van der Waals surface area contributed by atoms with E-state index in [0.29, 0.717) is 22.3 Å². The van der Waals surface area contributed by atoms with Crippen molar-refractivity contribution in [3.8, 4) is 0 Å². The van der Waals surface area contributed by atoms with Gasteiger partial charge >= 0.3 is 0 Å². The van der Waals surface area contributed by atoms with E-state index in [1.165, 1.54) is 22.5 Å². The summed E-state index contributed by atoms with van der Waals surface area (Å²) in [5.41, 5.74) is 3.79. The molecule has 0 radical (unpaired) electrons. The summed E-state index contributed by atoms with van der Waals surface area (Å²) in [7, 11) is 0. The van der Waals surface area contributed by atoms with Crippen LogP contribution in [0.25, 0.3) is 10.2 Å². The Kier molecular flexibility index (Phi) is 8.18. The molecule has 35 heavy (non-hydrogen) atoms. The molecule has 0 bridgehead atoms. The number of aromatic nitrogens is 3. The number of aryl methyl sites for hydroxylation is 1. The lowest BCUT2D eigenvalue weighted by Gasteiger charge is -2.20. The number of nitrogens with zero attached hydrogens (tertiary/aromatic N) is 4. The van der Waals surface area contributed by atoms with Gasteiger partial charge in [0.1, 0.15) is 5.52 Å². The van der Waals surface area contributed by atoms with Crippen LogP contribution in [0.1, 0.15) is 27.9 Å². The fourth-order valence-electron chi connectivity index (χ4n) is 3.89. The van der Waals surface area contributed by atoms with Gasteiger partial charge in [0, 0.05) is 31.0 Å². The number of thiazole rings is 1. The van der Waals surface area contributed by atoms with Crippen LogP contribution in [0.15, 0.2) is 91.5 Å². The minimum absolute atomic E-state index is 0. The van der Waals surface area contributed by atoms with Crippen LogP contribution in [0.4, 0.5) is 5.13 Å². The van der Waals surface area contributed by atoms with Gasteiger partial charge in [-0.2, -0.15) is 0 Å². The molecular formula is C27H24Cl2N4OS. The van der Waals surface area contributed by atoms with Crippen molar-refractivity contribution in [1.29, 1.82) is 0 Å². The van der Waals surface area contributed by atoms with Gasteiger partial charge in [-0.05, 0) is 48.2 Å². The molecule has 5 rings (SSSR count). The van der Waals surface area contributed by atoms with E-state index in [1.54, 1.807) is 17.4 Å². The zero-order valence-electron chi connectivity index (χ0n) is 18.9. The van der Waals surface area contributed by atoms with Gasteiger partial charge in [-0.25, -0.2) is 9.97 Å². The first-order valence-corrected chi connectivity index (χ1v) is 12.3. The van der Waals surface area contributed by atoms with Gasteiger partial charge in [0.05, 0.1) is 16.0 Å². The summed E-state index contributed by atoms with van der Waals surface area (Å²) in [4.78, 5) is 24.2. The van der Waals surface area contributed by atoms with E-state index in [1.807, 2.05) is 71.4 Å². The third-order valence-corrected chi connectivity index (χ3v) is 6.99. The van der Waals surface area contributed by atoms with E-state index >= 15 is 0 Å². The molecule has 0 aliphatic carbocycles. The summed E-state index contributed by atoms with van der Waals surface area (Å²) >= 11 is 7.84. The van der Waals surface area contributed by atoms with Crippen molar-refractivity contribution in [2.24, 2.45) is 0 Å². The summed E-state index contributed by atoms with van der Waals surface area (Å²) in [6, 6.07) is 23.9. The summed E-state index contributed by atoms with van der Waals surface area (Å²) in [5, 5.41) is 1.25. The highest BCUT2D eigenvalue weighted by atomic mass is 35.5. The standard InChI is InChI=1S/C27H23ClN4OS.ClH/c28-23-8-4-9-24-25(23)30-27(34-24)32(16-5-15-31-17-14-29-19-31)26(33)22-12-10-21(11-13-22)18-20-6-2-1-3-7-20;/h1-4,6-14,17,19H,5,15-16,18H2;1H. The average molecular weight is 523 g/mol. The van der Waals surface area contributed by atoms with Crippen LogP contribution in [0, 0.1) is 0 Å². The van der Waals surface area contributed by atoms with Gasteiger partial charge in [-0.3, -0.25) is 9.69 Å². The number of benzene rings is 3. The Morgan fingerprint density at radius 3 is 2.46 bits per heavy atom. The maximum Gasteiger partial charge on any atom is 0.260 e. The number of hydrogen-bond acceptors (Lipinski definition) is 4. The first-order valence-electron chi connectivity index (χ1n) is 11.1. The quantitative estimate of drug-likeness (QED) is 0.222. The molecule has 0 atom stereocenters. The minimum Gasteiger partial charge on any atom is -0.337 e. The van der Waals surface area contributed by atoms with Crippen molar-refractivity contribution in [3.05, 3.63) is 113 Å². The van der Waals surface area contributed by atoms with E-state index in [2.05, 4.69) is 17.1 Å². The first kappa shape index (κ1) is 24.9. The highest BCUT2D eigenvalue weighted by molar-refractivity contribution is 7.22. The van der Waals surface area contributed by atoms with Crippen LogP contribution in [0.2, 0.25) is 5.02 Å². The molecule has 0 aliphatic rings. The predicted molar refractivity (Wildman–Crippen MR) is 146 cm³/mol. The lowest BCUT2D eigenvalue weighted by Crippen LogP contribution is -2.32. The molecule has 2 heterocycles. The molecular weight excluding hydrogens is 499 g/mol. The number of carbonyl (C=O) groups is 1. The van der Waals surface area contributed by atoms with E-state index in [4.69, 9.17) is 16.6 Å². The van der Waals surface area contributed by atoms with E-state index in [9.17, 15) is 4.79 Å². The average Bonchev–Trinajstić information content (AvgIpc) is 3.53. The van der Waals surface area contributed by atoms with Crippen molar-refractivity contribution >= 4 is 56.6 Å². The topological polar surface area (TPSA) is 51.0 Å². The Labute approximate surface area is 219 Å². The Morgan fingerprint density at radius 1 is 0.971 bits per heavy atom. The Bertz CT molecular complexity index is 1390. The molecule has 0 spiro atoms. The molecule has 0 fully saturated rings. The summed E-state index contributed by atoms with van der Waals surface area (Å²) in [5.74, 6) is -0.0629. The number of fused-ring (bicyclic) bond motifs is 1. The van der Waals surface area contributed by atoms with Gasteiger partial charge in [0.15, 0.2) is 5.13 Å². The normalized spacial score (nSPS) is 10.8. The first-order chi connectivity index (χ1) is 16.7. The van der Waals surface area contributed by atoms with Crippen LogP contribution in [0.5, 0.6) is 0 Å². The minimum atomic E-state index is -0.0629. The molecule has 0 saturated heterocycles. The number of hydrogen-bond donors (Lipinski definition) is 0. The third kappa shape index (κ3) is 5.90. The summed E-state index contributed by atoms with van der Waals surface area (Å²) in [6.45, 7) is 1.31. The smallest absolute Gasteiger partial charge is 0.260 e. The number of carbonyl (C=O) groups excluding carboxylic acids is 1. The number of anilines is 1. The number of amides is 1. The maximum absolute atomic E-state index is 13.6. The predicted octanol–water partition coefficient (Wildman–Crippen LogP) is 6.90. The maximum atomic E-state index is 13.6. The summed E-state index contributed by atoms with van der Waals surface area (Å²) < 4.78 is 2.98. The van der Waals surface area contributed by atoms with Gasteiger partial charge in [0.25, 0.3) is 5.91 Å². The molecule has 5 aromatic rings. The number of imidazole rings is 1. The van der Waals surface area contributed by atoms with E-state index < -0.39 is 0 Å². The van der Waals surface area contributed by atoms with Crippen LogP contribution in [-0.2, 0) is 13.0 Å². The van der Waals surface area contributed by atoms with Crippen molar-refractivity contribution in [2.75, 3.05) is 11.4 Å². The van der Waals surface area contributed by atoms with E-state index in [0.717, 1.165) is 29.6 Å². The highest BCUT2D eigenvalue weighted by Crippen LogP contribution is 2.33. The van der Waals surface area contributed by atoms with Crippen LogP contribution in [0.3, 0.4) is 0 Å². The van der Waals surface area contributed by atoms with Crippen LogP contribution in [-0.4, -0.2) is 27.0 Å². The number of para-hydroxylation sites is 1. The molecule has 1 amide bonds. The third-order valence-electron chi connectivity index (χ3n) is 5.64. The Balaban J connectivity index is 0.00000289. The van der Waals surface area contributed by atoms with Crippen molar-refractivity contribution in [1.82, 2.24) is 14.5 Å². The van der Waals surface area contributed by atoms with Crippen molar-refractivity contribution in [3.63, 3.8) is 0 Å².